The fourth-order valence-electron chi connectivity index (χ4n) is 2.51. The van der Waals surface area contributed by atoms with Crippen molar-refractivity contribution in [1.29, 1.82) is 0 Å². The number of likely N-dealkylation sites (N-methyl/N-ethyl adjacent to an activating group) is 1. The lowest BCUT2D eigenvalue weighted by Gasteiger charge is -2.22. The zero-order valence-corrected chi connectivity index (χ0v) is 14.6. The molecule has 0 N–H and O–H groups in total. The van der Waals surface area contributed by atoms with Crippen LogP contribution in [0, 0.1) is 6.92 Å². The van der Waals surface area contributed by atoms with Gasteiger partial charge >= 0.3 is 5.97 Å². The summed E-state index contributed by atoms with van der Waals surface area (Å²) in [5, 5.41) is 0. The standard InChI is InChI=1S/C17H21NO5S/c1-13-4-3-5-14(10-13)6-7-17(20)23-11-16(19)18(2)15-8-9-24(21,22)12-15/h3-7,10,15H,8-9,11-12H2,1-2H3/b7-6+/t15-/m0/s1. The summed E-state index contributed by atoms with van der Waals surface area (Å²) < 4.78 is 27.8. The lowest BCUT2D eigenvalue weighted by molar-refractivity contribution is -0.148. The summed E-state index contributed by atoms with van der Waals surface area (Å²) in [7, 11) is -1.53. The van der Waals surface area contributed by atoms with Gasteiger partial charge in [0.2, 0.25) is 0 Å². The van der Waals surface area contributed by atoms with Crippen molar-refractivity contribution in [1.82, 2.24) is 4.90 Å². The van der Waals surface area contributed by atoms with Gasteiger partial charge in [0, 0.05) is 19.2 Å². The molecule has 1 aliphatic heterocycles. The predicted molar refractivity (Wildman–Crippen MR) is 91.0 cm³/mol. The molecular formula is C17H21NO5S. The third kappa shape index (κ3) is 5.19. The van der Waals surface area contributed by atoms with E-state index in [9.17, 15) is 18.0 Å². The Hall–Kier alpha value is -2.15. The Morgan fingerprint density at radius 3 is 2.75 bits per heavy atom. The van der Waals surface area contributed by atoms with E-state index in [0.29, 0.717) is 6.42 Å². The van der Waals surface area contributed by atoms with E-state index in [2.05, 4.69) is 0 Å². The maximum absolute atomic E-state index is 12.0. The quantitative estimate of drug-likeness (QED) is 0.588. The number of sulfone groups is 1. The first-order valence-corrected chi connectivity index (χ1v) is 9.46. The Morgan fingerprint density at radius 2 is 2.12 bits per heavy atom. The molecule has 24 heavy (non-hydrogen) atoms. The van der Waals surface area contributed by atoms with Crippen molar-refractivity contribution in [3.63, 3.8) is 0 Å². The van der Waals surface area contributed by atoms with Gasteiger partial charge in [0.25, 0.3) is 5.91 Å². The molecule has 0 aromatic heterocycles. The summed E-state index contributed by atoms with van der Waals surface area (Å²) in [6.45, 7) is 1.55. The Balaban J connectivity index is 1.82. The molecule has 1 fully saturated rings. The molecule has 0 radical (unpaired) electrons. The fraction of sp³-hybridized carbons (Fsp3) is 0.412. The molecule has 1 amide bonds. The van der Waals surface area contributed by atoms with Gasteiger partial charge in [-0.2, -0.15) is 0 Å². The van der Waals surface area contributed by atoms with Crippen molar-refractivity contribution < 1.29 is 22.7 Å². The van der Waals surface area contributed by atoms with Gasteiger partial charge in [-0.3, -0.25) is 4.79 Å². The van der Waals surface area contributed by atoms with Crippen LogP contribution in [0.25, 0.3) is 6.08 Å². The van der Waals surface area contributed by atoms with E-state index < -0.39 is 28.3 Å². The van der Waals surface area contributed by atoms with Crippen molar-refractivity contribution in [3.8, 4) is 0 Å². The lowest BCUT2D eigenvalue weighted by atomic mass is 10.1. The van der Waals surface area contributed by atoms with E-state index in [-0.39, 0.29) is 17.5 Å². The average Bonchev–Trinajstić information content (AvgIpc) is 2.90. The molecule has 130 valence electrons. The number of ether oxygens (including phenoxy) is 1. The van der Waals surface area contributed by atoms with E-state index in [1.165, 1.54) is 18.0 Å². The Kier molecular flexibility index (Phi) is 5.77. The van der Waals surface area contributed by atoms with Crippen molar-refractivity contribution in [2.75, 3.05) is 25.2 Å². The molecule has 1 aromatic carbocycles. The second-order valence-electron chi connectivity index (χ2n) is 5.92. The van der Waals surface area contributed by atoms with Crippen LogP contribution in [0.1, 0.15) is 17.5 Å². The number of benzene rings is 1. The monoisotopic (exact) mass is 351 g/mol. The molecule has 6 nitrogen and oxygen atoms in total. The van der Waals surface area contributed by atoms with E-state index in [1.807, 2.05) is 31.2 Å². The number of carbonyl (C=O) groups excluding carboxylic acids is 2. The van der Waals surface area contributed by atoms with Crippen molar-refractivity contribution in [3.05, 3.63) is 41.5 Å². The van der Waals surface area contributed by atoms with Crippen LogP contribution in [-0.4, -0.2) is 56.4 Å². The summed E-state index contributed by atoms with van der Waals surface area (Å²) in [6.07, 6.45) is 3.31. The number of esters is 1. The number of rotatable bonds is 5. The van der Waals surface area contributed by atoms with Gasteiger partial charge in [0.15, 0.2) is 16.4 Å². The van der Waals surface area contributed by atoms with Crippen LogP contribution in [0.2, 0.25) is 0 Å². The van der Waals surface area contributed by atoms with Crippen LogP contribution in [0.15, 0.2) is 30.3 Å². The van der Waals surface area contributed by atoms with Crippen molar-refractivity contribution in [2.24, 2.45) is 0 Å². The number of aryl methyl sites for hydroxylation is 1. The lowest BCUT2D eigenvalue weighted by Crippen LogP contribution is -2.40. The third-order valence-corrected chi connectivity index (χ3v) is 5.69. The minimum absolute atomic E-state index is 0.0313. The van der Waals surface area contributed by atoms with Crippen LogP contribution < -0.4 is 0 Å². The highest BCUT2D eigenvalue weighted by Crippen LogP contribution is 2.16. The highest BCUT2D eigenvalue weighted by molar-refractivity contribution is 7.91. The van der Waals surface area contributed by atoms with Gasteiger partial charge in [-0.25, -0.2) is 13.2 Å². The molecule has 1 aliphatic rings. The van der Waals surface area contributed by atoms with Gasteiger partial charge in [-0.15, -0.1) is 0 Å². The second kappa shape index (κ2) is 7.61. The first-order valence-electron chi connectivity index (χ1n) is 7.64. The predicted octanol–water partition coefficient (Wildman–Crippen LogP) is 1.20. The van der Waals surface area contributed by atoms with Crippen LogP contribution in [0.5, 0.6) is 0 Å². The van der Waals surface area contributed by atoms with Crippen molar-refractivity contribution >= 4 is 27.8 Å². The summed E-state index contributed by atoms with van der Waals surface area (Å²) in [6, 6.07) is 7.27. The van der Waals surface area contributed by atoms with Gasteiger partial charge < -0.3 is 9.64 Å². The molecule has 1 heterocycles. The Morgan fingerprint density at radius 1 is 1.38 bits per heavy atom. The zero-order chi connectivity index (χ0) is 17.7. The van der Waals surface area contributed by atoms with Crippen LogP contribution in [0.3, 0.4) is 0 Å². The number of hydrogen-bond donors (Lipinski definition) is 0. The normalized spacial score (nSPS) is 19.3. The minimum atomic E-state index is -3.06. The van der Waals surface area contributed by atoms with Gasteiger partial charge in [0.1, 0.15) is 0 Å². The number of nitrogens with zero attached hydrogens (tertiary/aromatic N) is 1. The molecular weight excluding hydrogens is 330 g/mol. The summed E-state index contributed by atoms with van der Waals surface area (Å²) >= 11 is 0. The maximum atomic E-state index is 12.0. The third-order valence-electron chi connectivity index (χ3n) is 3.94. The van der Waals surface area contributed by atoms with Crippen LogP contribution in [0.4, 0.5) is 0 Å². The topological polar surface area (TPSA) is 80.8 Å². The molecule has 0 saturated carbocycles. The van der Waals surface area contributed by atoms with E-state index in [4.69, 9.17) is 4.74 Å². The smallest absolute Gasteiger partial charge is 0.331 e. The second-order valence-corrected chi connectivity index (χ2v) is 8.15. The largest absolute Gasteiger partial charge is 0.452 e. The van der Waals surface area contributed by atoms with Gasteiger partial charge in [-0.1, -0.05) is 29.8 Å². The fourth-order valence-corrected chi connectivity index (χ4v) is 4.28. The van der Waals surface area contributed by atoms with E-state index in [0.717, 1.165) is 11.1 Å². The van der Waals surface area contributed by atoms with Gasteiger partial charge in [-0.05, 0) is 25.0 Å². The number of hydrogen-bond acceptors (Lipinski definition) is 5. The minimum Gasteiger partial charge on any atom is -0.452 e. The molecule has 7 heteroatoms. The molecule has 0 unspecified atom stereocenters. The SMILES string of the molecule is Cc1cccc(/C=C/C(=O)OCC(=O)N(C)[C@H]2CCS(=O)(=O)C2)c1. The van der Waals surface area contributed by atoms with Gasteiger partial charge in [0.05, 0.1) is 11.5 Å². The molecule has 0 spiro atoms. The number of amides is 1. The molecule has 2 rings (SSSR count). The summed E-state index contributed by atoms with van der Waals surface area (Å²) in [4.78, 5) is 25.0. The number of carbonyl (C=O) groups is 2. The average molecular weight is 351 g/mol. The van der Waals surface area contributed by atoms with E-state index in [1.54, 1.807) is 6.08 Å². The zero-order valence-electron chi connectivity index (χ0n) is 13.8. The summed E-state index contributed by atoms with van der Waals surface area (Å²) in [5.74, 6) is -0.961. The summed E-state index contributed by atoms with van der Waals surface area (Å²) in [5.41, 5.74) is 1.94. The Bertz CT molecular complexity index is 754. The molecule has 1 aromatic rings. The van der Waals surface area contributed by atoms with Crippen LogP contribution in [-0.2, 0) is 24.2 Å². The first kappa shape index (κ1) is 18.2. The van der Waals surface area contributed by atoms with E-state index >= 15 is 0 Å². The molecule has 0 aliphatic carbocycles. The first-order chi connectivity index (χ1) is 11.3. The molecule has 1 saturated heterocycles. The molecule has 0 bridgehead atoms. The highest BCUT2D eigenvalue weighted by atomic mass is 32.2. The van der Waals surface area contributed by atoms with Crippen molar-refractivity contribution in [2.45, 2.75) is 19.4 Å². The molecule has 1 atom stereocenters. The maximum Gasteiger partial charge on any atom is 0.331 e. The van der Waals surface area contributed by atoms with Crippen LogP contribution >= 0.6 is 0 Å². The highest BCUT2D eigenvalue weighted by Gasteiger charge is 2.32. The Labute approximate surface area is 142 Å².